The quantitative estimate of drug-likeness (QED) is 0.802. The predicted octanol–water partition coefficient (Wildman–Crippen LogP) is 3.92. The van der Waals surface area contributed by atoms with Crippen LogP contribution in [0.2, 0.25) is 5.02 Å². The van der Waals surface area contributed by atoms with Crippen molar-refractivity contribution in [2.45, 2.75) is 39.3 Å². The standard InChI is InChI=1S/C20H21ClN2O3/c1-11-5-7-15(12(2)9-11)13(3)22-18(24)20(4)19(25)23-16-10-14(21)6-8-17(16)26-20/h5-10,13H,1-4H3,(H,22,24)(H,23,25). The molecule has 6 heteroatoms. The summed E-state index contributed by atoms with van der Waals surface area (Å²) in [6, 6.07) is 10.6. The molecule has 2 atom stereocenters. The molecule has 0 aromatic heterocycles. The minimum Gasteiger partial charge on any atom is -0.466 e. The first kappa shape index (κ1) is 18.3. The van der Waals surface area contributed by atoms with Crippen LogP contribution in [-0.4, -0.2) is 17.4 Å². The van der Waals surface area contributed by atoms with Crippen molar-refractivity contribution < 1.29 is 14.3 Å². The largest absolute Gasteiger partial charge is 0.466 e. The molecular weight excluding hydrogens is 352 g/mol. The van der Waals surface area contributed by atoms with E-state index in [9.17, 15) is 9.59 Å². The van der Waals surface area contributed by atoms with Gasteiger partial charge in [0, 0.05) is 5.02 Å². The van der Waals surface area contributed by atoms with Crippen molar-refractivity contribution in [1.29, 1.82) is 0 Å². The summed E-state index contributed by atoms with van der Waals surface area (Å²) in [6.45, 7) is 7.36. The van der Waals surface area contributed by atoms with Crippen molar-refractivity contribution in [1.82, 2.24) is 5.32 Å². The summed E-state index contributed by atoms with van der Waals surface area (Å²) in [5.41, 5.74) is 2.03. The van der Waals surface area contributed by atoms with Crippen LogP contribution in [0.15, 0.2) is 36.4 Å². The number of hydrogen-bond donors (Lipinski definition) is 2. The van der Waals surface area contributed by atoms with Gasteiger partial charge < -0.3 is 15.4 Å². The lowest BCUT2D eigenvalue weighted by atomic mass is 9.97. The van der Waals surface area contributed by atoms with Gasteiger partial charge in [-0.2, -0.15) is 0 Å². The Morgan fingerprint density at radius 1 is 1.23 bits per heavy atom. The Balaban J connectivity index is 1.82. The molecule has 1 heterocycles. The number of carbonyl (C=O) groups is 2. The number of benzene rings is 2. The first-order chi connectivity index (χ1) is 12.2. The average molecular weight is 373 g/mol. The lowest BCUT2D eigenvalue weighted by molar-refractivity contribution is -0.147. The fraction of sp³-hybridized carbons (Fsp3) is 0.300. The van der Waals surface area contributed by atoms with Gasteiger partial charge in [0.25, 0.3) is 17.4 Å². The molecule has 0 aliphatic carbocycles. The maximum Gasteiger partial charge on any atom is 0.278 e. The topological polar surface area (TPSA) is 67.4 Å². The molecule has 1 aliphatic rings. The van der Waals surface area contributed by atoms with Crippen LogP contribution in [0, 0.1) is 13.8 Å². The number of fused-ring (bicyclic) bond motifs is 1. The molecule has 2 N–H and O–H groups in total. The zero-order chi connectivity index (χ0) is 19.1. The van der Waals surface area contributed by atoms with E-state index in [4.69, 9.17) is 16.3 Å². The number of halogens is 1. The minimum atomic E-state index is -1.66. The van der Waals surface area contributed by atoms with Crippen LogP contribution in [0.4, 0.5) is 5.69 Å². The summed E-state index contributed by atoms with van der Waals surface area (Å²) in [4.78, 5) is 25.4. The van der Waals surface area contributed by atoms with Crippen molar-refractivity contribution in [2.75, 3.05) is 5.32 Å². The molecule has 2 amide bonds. The number of amides is 2. The second-order valence-electron chi connectivity index (χ2n) is 6.79. The molecule has 5 nitrogen and oxygen atoms in total. The first-order valence-electron chi connectivity index (χ1n) is 8.39. The highest BCUT2D eigenvalue weighted by Crippen LogP contribution is 2.36. The van der Waals surface area contributed by atoms with Crippen molar-refractivity contribution >= 4 is 29.1 Å². The molecule has 1 aliphatic heterocycles. The predicted molar refractivity (Wildman–Crippen MR) is 102 cm³/mol. The van der Waals surface area contributed by atoms with Gasteiger partial charge in [-0.25, -0.2) is 0 Å². The van der Waals surface area contributed by atoms with Gasteiger partial charge in [0.15, 0.2) is 0 Å². The fourth-order valence-electron chi connectivity index (χ4n) is 3.07. The number of ether oxygens (including phenoxy) is 1. The monoisotopic (exact) mass is 372 g/mol. The molecule has 0 fully saturated rings. The third-order valence-electron chi connectivity index (χ3n) is 4.61. The van der Waals surface area contributed by atoms with Crippen molar-refractivity contribution in [2.24, 2.45) is 0 Å². The van der Waals surface area contributed by atoms with Crippen LogP contribution in [0.5, 0.6) is 5.75 Å². The summed E-state index contributed by atoms with van der Waals surface area (Å²) in [5.74, 6) is -0.619. The lowest BCUT2D eigenvalue weighted by Gasteiger charge is -2.34. The van der Waals surface area contributed by atoms with E-state index in [1.807, 2.05) is 32.9 Å². The zero-order valence-electron chi connectivity index (χ0n) is 15.1. The van der Waals surface area contributed by atoms with Crippen molar-refractivity contribution in [3.05, 3.63) is 58.1 Å². The van der Waals surface area contributed by atoms with Crippen LogP contribution >= 0.6 is 11.6 Å². The highest BCUT2D eigenvalue weighted by atomic mass is 35.5. The average Bonchev–Trinajstić information content (AvgIpc) is 2.56. The first-order valence-corrected chi connectivity index (χ1v) is 8.76. The smallest absolute Gasteiger partial charge is 0.278 e. The second kappa shape index (κ2) is 6.65. The Morgan fingerprint density at radius 3 is 2.65 bits per heavy atom. The van der Waals surface area contributed by atoms with E-state index in [-0.39, 0.29) is 6.04 Å². The SMILES string of the molecule is Cc1ccc(C(C)NC(=O)C2(C)Oc3ccc(Cl)cc3NC2=O)c(C)c1. The lowest BCUT2D eigenvalue weighted by Crippen LogP contribution is -2.59. The highest BCUT2D eigenvalue weighted by molar-refractivity contribution is 6.31. The van der Waals surface area contributed by atoms with Crippen molar-refractivity contribution in [3.63, 3.8) is 0 Å². The van der Waals surface area contributed by atoms with E-state index in [1.54, 1.807) is 18.2 Å². The third kappa shape index (κ3) is 3.27. The van der Waals surface area contributed by atoms with Gasteiger partial charge in [-0.1, -0.05) is 35.4 Å². The highest BCUT2D eigenvalue weighted by Gasteiger charge is 2.47. The van der Waals surface area contributed by atoms with Gasteiger partial charge in [-0.15, -0.1) is 0 Å². The van der Waals surface area contributed by atoms with Gasteiger partial charge in [0.1, 0.15) is 5.75 Å². The Hall–Kier alpha value is -2.53. The Labute approximate surface area is 157 Å². The van der Waals surface area contributed by atoms with E-state index < -0.39 is 17.4 Å². The third-order valence-corrected chi connectivity index (χ3v) is 4.84. The maximum atomic E-state index is 12.8. The Bertz CT molecular complexity index is 897. The van der Waals surface area contributed by atoms with Gasteiger partial charge >= 0.3 is 0 Å². The number of rotatable bonds is 3. The van der Waals surface area contributed by atoms with Crippen molar-refractivity contribution in [3.8, 4) is 5.75 Å². The number of hydrogen-bond acceptors (Lipinski definition) is 3. The van der Waals surface area contributed by atoms with Crippen LogP contribution in [0.1, 0.15) is 36.6 Å². The Morgan fingerprint density at radius 2 is 1.96 bits per heavy atom. The van der Waals surface area contributed by atoms with E-state index in [2.05, 4.69) is 16.7 Å². The molecule has 3 rings (SSSR count). The Kier molecular flexibility index (Phi) is 4.67. The molecule has 0 saturated heterocycles. The summed E-state index contributed by atoms with van der Waals surface area (Å²) >= 11 is 5.93. The molecule has 0 radical (unpaired) electrons. The molecule has 0 saturated carbocycles. The zero-order valence-corrected chi connectivity index (χ0v) is 15.9. The van der Waals surface area contributed by atoms with E-state index in [0.717, 1.165) is 16.7 Å². The number of nitrogens with one attached hydrogen (secondary N) is 2. The molecular formula is C20H21ClN2O3. The van der Waals surface area contributed by atoms with Gasteiger partial charge in [-0.05, 0) is 57.0 Å². The van der Waals surface area contributed by atoms with Gasteiger partial charge in [0.2, 0.25) is 0 Å². The van der Waals surface area contributed by atoms with E-state index in [1.165, 1.54) is 6.92 Å². The minimum absolute atomic E-state index is 0.261. The van der Waals surface area contributed by atoms with Crippen LogP contribution in [0.3, 0.4) is 0 Å². The van der Waals surface area contributed by atoms with Crippen LogP contribution < -0.4 is 15.4 Å². The fourth-order valence-corrected chi connectivity index (χ4v) is 3.24. The van der Waals surface area contributed by atoms with E-state index in [0.29, 0.717) is 16.5 Å². The summed E-state index contributed by atoms with van der Waals surface area (Å²) in [5, 5.41) is 6.06. The molecule has 136 valence electrons. The molecule has 26 heavy (non-hydrogen) atoms. The van der Waals surface area contributed by atoms with Crippen LogP contribution in [-0.2, 0) is 9.59 Å². The second-order valence-corrected chi connectivity index (χ2v) is 7.22. The van der Waals surface area contributed by atoms with Crippen LogP contribution in [0.25, 0.3) is 0 Å². The van der Waals surface area contributed by atoms with Gasteiger partial charge in [0.05, 0.1) is 11.7 Å². The molecule has 2 aromatic carbocycles. The van der Waals surface area contributed by atoms with Gasteiger partial charge in [-0.3, -0.25) is 9.59 Å². The molecule has 2 aromatic rings. The number of aryl methyl sites for hydroxylation is 2. The number of carbonyl (C=O) groups excluding carboxylic acids is 2. The van der Waals surface area contributed by atoms with E-state index >= 15 is 0 Å². The summed E-state index contributed by atoms with van der Waals surface area (Å²) in [6.07, 6.45) is 0. The maximum absolute atomic E-state index is 12.8. The normalized spacial score (nSPS) is 19.8. The molecule has 0 spiro atoms. The number of anilines is 1. The summed E-state index contributed by atoms with van der Waals surface area (Å²) < 4.78 is 5.75. The summed E-state index contributed by atoms with van der Waals surface area (Å²) in [7, 11) is 0. The molecule has 0 bridgehead atoms. The molecule has 2 unspecified atom stereocenters.